The smallest absolute Gasteiger partial charge is 0.0614 e. The fourth-order valence-corrected chi connectivity index (χ4v) is 2.28. The topological polar surface area (TPSA) is 29.3 Å². The van der Waals surface area contributed by atoms with Crippen LogP contribution in [0.4, 0.5) is 11.4 Å². The maximum atomic E-state index is 5.98. The SMILES string of the molecule is CSCCC(C)N(C)c1cc(Cl)ccc1N. The molecule has 1 aromatic carbocycles. The van der Waals surface area contributed by atoms with Crippen molar-refractivity contribution in [2.24, 2.45) is 0 Å². The zero-order valence-electron chi connectivity index (χ0n) is 10.0. The van der Waals surface area contributed by atoms with E-state index in [9.17, 15) is 0 Å². The molecule has 1 atom stereocenters. The van der Waals surface area contributed by atoms with Crippen molar-refractivity contribution in [3.63, 3.8) is 0 Å². The van der Waals surface area contributed by atoms with E-state index < -0.39 is 0 Å². The normalized spacial score (nSPS) is 12.5. The van der Waals surface area contributed by atoms with E-state index in [1.165, 1.54) is 0 Å². The molecule has 0 aliphatic heterocycles. The highest BCUT2D eigenvalue weighted by Gasteiger charge is 2.12. The van der Waals surface area contributed by atoms with Gasteiger partial charge >= 0.3 is 0 Å². The van der Waals surface area contributed by atoms with Crippen molar-refractivity contribution in [2.75, 3.05) is 29.7 Å². The van der Waals surface area contributed by atoms with Crippen molar-refractivity contribution in [3.8, 4) is 0 Å². The van der Waals surface area contributed by atoms with Crippen molar-refractivity contribution >= 4 is 34.7 Å². The van der Waals surface area contributed by atoms with Crippen LogP contribution < -0.4 is 10.6 Å². The number of anilines is 2. The Balaban J connectivity index is 2.78. The zero-order chi connectivity index (χ0) is 12.1. The van der Waals surface area contributed by atoms with Crippen molar-refractivity contribution in [1.82, 2.24) is 0 Å². The molecular weight excluding hydrogens is 240 g/mol. The molecule has 0 fully saturated rings. The van der Waals surface area contributed by atoms with E-state index >= 15 is 0 Å². The first-order valence-electron chi connectivity index (χ1n) is 5.33. The lowest BCUT2D eigenvalue weighted by Crippen LogP contribution is -2.29. The van der Waals surface area contributed by atoms with Crippen molar-refractivity contribution in [1.29, 1.82) is 0 Å². The van der Waals surface area contributed by atoms with Gasteiger partial charge in [0.05, 0.1) is 11.4 Å². The molecule has 0 heterocycles. The Kier molecular flexibility index (Phi) is 5.29. The maximum Gasteiger partial charge on any atom is 0.0614 e. The molecule has 0 saturated carbocycles. The third-order valence-corrected chi connectivity index (χ3v) is 3.65. The minimum absolute atomic E-state index is 0.466. The van der Waals surface area contributed by atoms with Crippen molar-refractivity contribution < 1.29 is 0 Å². The van der Waals surface area contributed by atoms with Crippen LogP contribution in [0.2, 0.25) is 5.02 Å². The summed E-state index contributed by atoms with van der Waals surface area (Å²) in [6.07, 6.45) is 3.27. The molecule has 1 rings (SSSR count). The molecule has 1 unspecified atom stereocenters. The van der Waals surface area contributed by atoms with Crippen LogP contribution in [0.1, 0.15) is 13.3 Å². The van der Waals surface area contributed by atoms with Crippen LogP contribution in [0.5, 0.6) is 0 Å². The Bertz CT molecular complexity index is 344. The Morgan fingerprint density at radius 3 is 2.81 bits per heavy atom. The Morgan fingerprint density at radius 1 is 1.50 bits per heavy atom. The first kappa shape index (κ1) is 13.5. The average molecular weight is 259 g/mol. The second-order valence-electron chi connectivity index (χ2n) is 3.94. The summed E-state index contributed by atoms with van der Waals surface area (Å²) in [4.78, 5) is 2.19. The molecule has 0 bridgehead atoms. The number of benzene rings is 1. The molecule has 0 aliphatic rings. The molecule has 0 radical (unpaired) electrons. The monoisotopic (exact) mass is 258 g/mol. The summed E-state index contributed by atoms with van der Waals surface area (Å²) in [5, 5.41) is 0.730. The molecule has 90 valence electrons. The number of nitrogens with zero attached hydrogens (tertiary/aromatic N) is 1. The molecular formula is C12H19ClN2S. The van der Waals surface area contributed by atoms with Gasteiger partial charge in [0.15, 0.2) is 0 Å². The molecule has 2 nitrogen and oxygen atoms in total. The molecule has 0 saturated heterocycles. The van der Waals surface area contributed by atoms with Gasteiger partial charge in [-0.3, -0.25) is 0 Å². The van der Waals surface area contributed by atoms with E-state index in [1.807, 2.05) is 30.0 Å². The van der Waals surface area contributed by atoms with E-state index in [4.69, 9.17) is 17.3 Å². The Morgan fingerprint density at radius 2 is 2.19 bits per heavy atom. The molecule has 0 spiro atoms. The number of nitrogen functional groups attached to an aromatic ring is 1. The maximum absolute atomic E-state index is 5.98. The highest BCUT2D eigenvalue weighted by atomic mass is 35.5. The van der Waals surface area contributed by atoms with Gasteiger partial charge in [0, 0.05) is 18.1 Å². The zero-order valence-corrected chi connectivity index (χ0v) is 11.6. The van der Waals surface area contributed by atoms with Gasteiger partial charge in [0.25, 0.3) is 0 Å². The lowest BCUT2D eigenvalue weighted by molar-refractivity contribution is 0.670. The third-order valence-electron chi connectivity index (χ3n) is 2.77. The minimum Gasteiger partial charge on any atom is -0.397 e. The predicted octanol–water partition coefficient (Wildman–Crippen LogP) is 3.50. The van der Waals surface area contributed by atoms with E-state index in [2.05, 4.69) is 25.1 Å². The number of thioether (sulfide) groups is 1. The van der Waals surface area contributed by atoms with Gasteiger partial charge in [0.2, 0.25) is 0 Å². The van der Waals surface area contributed by atoms with E-state index in [-0.39, 0.29) is 0 Å². The molecule has 0 aromatic heterocycles. The van der Waals surface area contributed by atoms with Gasteiger partial charge in [0.1, 0.15) is 0 Å². The quantitative estimate of drug-likeness (QED) is 0.820. The number of nitrogens with two attached hydrogens (primary N) is 1. The van der Waals surface area contributed by atoms with Crippen LogP contribution in [-0.4, -0.2) is 25.1 Å². The van der Waals surface area contributed by atoms with E-state index in [1.54, 1.807) is 0 Å². The van der Waals surface area contributed by atoms with Gasteiger partial charge in [-0.25, -0.2) is 0 Å². The number of hydrogen-bond acceptors (Lipinski definition) is 3. The van der Waals surface area contributed by atoms with Crippen LogP contribution in [0.15, 0.2) is 18.2 Å². The lowest BCUT2D eigenvalue weighted by Gasteiger charge is -2.28. The highest BCUT2D eigenvalue weighted by molar-refractivity contribution is 7.98. The number of hydrogen-bond donors (Lipinski definition) is 1. The number of halogens is 1. The lowest BCUT2D eigenvalue weighted by atomic mass is 10.2. The fraction of sp³-hybridized carbons (Fsp3) is 0.500. The summed E-state index contributed by atoms with van der Waals surface area (Å²) in [6.45, 7) is 2.20. The summed E-state index contributed by atoms with van der Waals surface area (Å²) in [5.41, 5.74) is 7.75. The summed E-state index contributed by atoms with van der Waals surface area (Å²) in [6, 6.07) is 6.07. The standard InChI is InChI=1S/C12H19ClN2S/c1-9(6-7-16-3)15(2)12-8-10(13)4-5-11(12)14/h4-5,8-9H,6-7,14H2,1-3H3. The largest absolute Gasteiger partial charge is 0.397 e. The van der Waals surface area contributed by atoms with Gasteiger partial charge in [-0.1, -0.05) is 11.6 Å². The third kappa shape index (κ3) is 3.49. The van der Waals surface area contributed by atoms with Gasteiger partial charge in [-0.15, -0.1) is 0 Å². The van der Waals surface area contributed by atoms with Crippen LogP contribution >= 0.6 is 23.4 Å². The highest BCUT2D eigenvalue weighted by Crippen LogP contribution is 2.28. The van der Waals surface area contributed by atoms with Gasteiger partial charge in [-0.05, 0) is 43.6 Å². The first-order chi connectivity index (χ1) is 7.56. The summed E-state index contributed by atoms with van der Waals surface area (Å²) in [5.74, 6) is 1.16. The van der Waals surface area contributed by atoms with Crippen LogP contribution in [-0.2, 0) is 0 Å². The Labute approximate surface area is 107 Å². The van der Waals surface area contributed by atoms with Gasteiger partial charge < -0.3 is 10.6 Å². The molecule has 16 heavy (non-hydrogen) atoms. The molecule has 2 N–H and O–H groups in total. The fourth-order valence-electron chi connectivity index (χ4n) is 1.54. The van der Waals surface area contributed by atoms with Crippen LogP contribution in [0.3, 0.4) is 0 Å². The van der Waals surface area contributed by atoms with Crippen LogP contribution in [0.25, 0.3) is 0 Å². The summed E-state index contributed by atoms with van der Waals surface area (Å²) in [7, 11) is 2.06. The van der Waals surface area contributed by atoms with E-state index in [0.29, 0.717) is 6.04 Å². The molecule has 0 amide bonds. The first-order valence-corrected chi connectivity index (χ1v) is 7.10. The van der Waals surface area contributed by atoms with Gasteiger partial charge in [-0.2, -0.15) is 11.8 Å². The van der Waals surface area contributed by atoms with Crippen molar-refractivity contribution in [3.05, 3.63) is 23.2 Å². The second-order valence-corrected chi connectivity index (χ2v) is 5.37. The molecule has 0 aliphatic carbocycles. The minimum atomic E-state index is 0.466. The molecule has 4 heteroatoms. The summed E-state index contributed by atoms with van der Waals surface area (Å²) >= 11 is 7.85. The second kappa shape index (κ2) is 6.26. The summed E-state index contributed by atoms with van der Waals surface area (Å²) < 4.78 is 0. The van der Waals surface area contributed by atoms with Crippen molar-refractivity contribution in [2.45, 2.75) is 19.4 Å². The van der Waals surface area contributed by atoms with Crippen LogP contribution in [0, 0.1) is 0 Å². The van der Waals surface area contributed by atoms with E-state index in [0.717, 1.165) is 28.6 Å². The Hall–Kier alpha value is -0.540. The number of rotatable bonds is 5. The molecule has 1 aromatic rings. The average Bonchev–Trinajstić information content (AvgIpc) is 2.28. The predicted molar refractivity (Wildman–Crippen MR) is 76.7 cm³/mol.